The first-order valence-electron chi connectivity index (χ1n) is 3.82. The van der Waals surface area contributed by atoms with E-state index in [9.17, 15) is 13.2 Å². The van der Waals surface area contributed by atoms with Gasteiger partial charge in [-0.2, -0.15) is 13.2 Å². The van der Waals surface area contributed by atoms with Crippen LogP contribution in [0.25, 0.3) is 0 Å². The molecule has 0 radical (unpaired) electrons. The molecule has 0 N–H and O–H groups in total. The Kier molecular flexibility index (Phi) is 3.99. The first kappa shape index (κ1) is 12.8. The Morgan fingerprint density at radius 3 is 2.53 bits per heavy atom. The Balaban J connectivity index is 2.82. The predicted molar refractivity (Wildman–Crippen MR) is 55.9 cm³/mol. The number of hydrogen-bond acceptors (Lipinski definition) is 2. The normalized spacial score (nSPS) is 11.6. The molecule has 0 unspecified atom stereocenters. The quantitative estimate of drug-likeness (QED) is 0.757. The molecule has 0 saturated carbocycles. The zero-order valence-corrected chi connectivity index (χ0v) is 10.7. The van der Waals surface area contributed by atoms with Gasteiger partial charge in [0.05, 0.1) is 10.2 Å². The van der Waals surface area contributed by atoms with Gasteiger partial charge in [0.2, 0.25) is 0 Å². The van der Waals surface area contributed by atoms with Crippen LogP contribution < -0.4 is 4.74 Å². The van der Waals surface area contributed by atoms with Gasteiger partial charge in [0.25, 0.3) is 0 Å². The van der Waals surface area contributed by atoms with Crippen LogP contribution in [0.1, 0.15) is 5.69 Å². The Morgan fingerprint density at radius 1 is 1.40 bits per heavy atom. The molecular formula is C8H6Br2F3NO. The predicted octanol–water partition coefficient (Wildman–Crippen LogP) is 3.86. The first-order valence-corrected chi connectivity index (χ1v) is 5.40. The number of nitrogens with zero attached hydrogens (tertiary/aromatic N) is 1. The van der Waals surface area contributed by atoms with Crippen LogP contribution in [0.2, 0.25) is 0 Å². The average molecular weight is 349 g/mol. The van der Waals surface area contributed by atoms with Crippen molar-refractivity contribution in [2.24, 2.45) is 0 Å². The first-order chi connectivity index (χ1) is 6.79. The monoisotopic (exact) mass is 347 g/mol. The molecule has 1 heterocycles. The largest absolute Gasteiger partial charge is 0.482 e. The van der Waals surface area contributed by atoms with Gasteiger partial charge in [-0.1, -0.05) is 0 Å². The summed E-state index contributed by atoms with van der Waals surface area (Å²) in [5, 5.41) is 0. The van der Waals surface area contributed by atoms with E-state index in [1.54, 1.807) is 6.92 Å². The third-order valence-electron chi connectivity index (χ3n) is 1.47. The lowest BCUT2D eigenvalue weighted by Gasteiger charge is -2.11. The van der Waals surface area contributed by atoms with Gasteiger partial charge in [-0.3, -0.25) is 0 Å². The van der Waals surface area contributed by atoms with E-state index < -0.39 is 12.8 Å². The molecule has 2 nitrogen and oxygen atoms in total. The number of aromatic nitrogens is 1. The number of pyridine rings is 1. The van der Waals surface area contributed by atoms with Crippen LogP contribution in [0.15, 0.2) is 15.1 Å². The molecule has 0 spiro atoms. The lowest BCUT2D eigenvalue weighted by molar-refractivity contribution is -0.153. The lowest BCUT2D eigenvalue weighted by Crippen LogP contribution is -2.19. The van der Waals surface area contributed by atoms with Gasteiger partial charge in [-0.15, -0.1) is 0 Å². The standard InChI is InChI=1S/C8H6Br2F3NO/c1-4-6(15-3-8(11,12)13)2-5(9)7(10)14-4/h2H,3H2,1H3. The summed E-state index contributed by atoms with van der Waals surface area (Å²) in [4.78, 5) is 3.95. The van der Waals surface area contributed by atoms with Crippen LogP contribution in [0.5, 0.6) is 5.75 Å². The molecule has 1 aromatic rings. The molecule has 0 fully saturated rings. The van der Waals surface area contributed by atoms with Crippen LogP contribution >= 0.6 is 31.9 Å². The number of halogens is 5. The van der Waals surface area contributed by atoms with E-state index in [1.165, 1.54) is 6.07 Å². The van der Waals surface area contributed by atoms with Crippen molar-refractivity contribution < 1.29 is 17.9 Å². The number of rotatable bonds is 2. The van der Waals surface area contributed by atoms with Crippen LogP contribution in [0, 0.1) is 6.92 Å². The fourth-order valence-electron chi connectivity index (χ4n) is 0.841. The number of alkyl halides is 3. The molecule has 7 heteroatoms. The maximum absolute atomic E-state index is 11.9. The lowest BCUT2D eigenvalue weighted by atomic mass is 10.3. The van der Waals surface area contributed by atoms with Crippen molar-refractivity contribution >= 4 is 31.9 Å². The van der Waals surface area contributed by atoms with Gasteiger partial charge in [-0.25, -0.2) is 4.98 Å². The summed E-state index contributed by atoms with van der Waals surface area (Å²) in [6.45, 7) is 0.256. The summed E-state index contributed by atoms with van der Waals surface area (Å²) in [5.41, 5.74) is 0.398. The molecule has 0 aliphatic rings. The molecule has 15 heavy (non-hydrogen) atoms. The summed E-state index contributed by atoms with van der Waals surface area (Å²) >= 11 is 6.27. The van der Waals surface area contributed by atoms with Crippen molar-refractivity contribution in [2.45, 2.75) is 13.1 Å². The third-order valence-corrected chi connectivity index (χ3v) is 3.21. The molecule has 0 atom stereocenters. The third kappa shape index (κ3) is 3.98. The van der Waals surface area contributed by atoms with Crippen molar-refractivity contribution in [3.05, 3.63) is 20.8 Å². The van der Waals surface area contributed by atoms with Gasteiger partial charge in [-0.05, 0) is 44.8 Å². The Bertz CT molecular complexity index is 368. The van der Waals surface area contributed by atoms with E-state index in [4.69, 9.17) is 0 Å². The SMILES string of the molecule is Cc1nc(Br)c(Br)cc1OCC(F)(F)F. The minimum Gasteiger partial charge on any atom is -0.482 e. The van der Waals surface area contributed by atoms with Crippen LogP contribution in [0.4, 0.5) is 13.2 Å². The van der Waals surface area contributed by atoms with Crippen molar-refractivity contribution in [3.8, 4) is 5.75 Å². The molecule has 84 valence electrons. The van der Waals surface area contributed by atoms with Crippen LogP contribution in [-0.4, -0.2) is 17.8 Å². The Hall–Kier alpha value is -0.300. The molecule has 0 aromatic carbocycles. The summed E-state index contributed by atoms with van der Waals surface area (Å²) in [7, 11) is 0. The smallest absolute Gasteiger partial charge is 0.422 e. The Labute approximate surface area is 101 Å². The van der Waals surface area contributed by atoms with Crippen LogP contribution in [-0.2, 0) is 0 Å². The van der Waals surface area contributed by atoms with Gasteiger partial charge < -0.3 is 4.74 Å². The fourth-order valence-corrected chi connectivity index (χ4v) is 1.52. The summed E-state index contributed by atoms with van der Waals surface area (Å²) in [6, 6.07) is 1.44. The van der Waals surface area contributed by atoms with E-state index >= 15 is 0 Å². The second-order valence-corrected chi connectivity index (χ2v) is 4.35. The summed E-state index contributed by atoms with van der Waals surface area (Å²) in [6.07, 6.45) is -4.34. The molecule has 0 aliphatic carbocycles. The molecule has 0 bridgehead atoms. The molecule has 1 aromatic heterocycles. The zero-order valence-electron chi connectivity index (χ0n) is 7.53. The van der Waals surface area contributed by atoms with E-state index in [2.05, 4.69) is 41.6 Å². The van der Waals surface area contributed by atoms with Gasteiger partial charge in [0.1, 0.15) is 10.4 Å². The van der Waals surface area contributed by atoms with Crippen molar-refractivity contribution in [2.75, 3.05) is 6.61 Å². The van der Waals surface area contributed by atoms with Crippen molar-refractivity contribution in [1.82, 2.24) is 4.98 Å². The highest BCUT2D eigenvalue weighted by molar-refractivity contribution is 9.13. The molecule has 0 amide bonds. The van der Waals surface area contributed by atoms with E-state index in [1.807, 2.05) is 0 Å². The summed E-state index contributed by atoms with van der Waals surface area (Å²) in [5.74, 6) is 0.113. The highest BCUT2D eigenvalue weighted by atomic mass is 79.9. The van der Waals surface area contributed by atoms with Crippen molar-refractivity contribution in [3.63, 3.8) is 0 Å². The number of hydrogen-bond donors (Lipinski definition) is 0. The van der Waals surface area contributed by atoms with Crippen LogP contribution in [0.3, 0.4) is 0 Å². The molecule has 0 saturated heterocycles. The molecular weight excluding hydrogens is 343 g/mol. The number of ether oxygens (including phenoxy) is 1. The maximum atomic E-state index is 11.9. The average Bonchev–Trinajstić information content (AvgIpc) is 2.07. The second kappa shape index (κ2) is 4.69. The Morgan fingerprint density at radius 2 is 2.00 bits per heavy atom. The number of aryl methyl sites for hydroxylation is 1. The topological polar surface area (TPSA) is 22.1 Å². The maximum Gasteiger partial charge on any atom is 0.422 e. The minimum absolute atomic E-state index is 0.113. The minimum atomic E-state index is -4.34. The highest BCUT2D eigenvalue weighted by Crippen LogP contribution is 2.28. The van der Waals surface area contributed by atoms with E-state index in [0.717, 1.165) is 0 Å². The van der Waals surface area contributed by atoms with Gasteiger partial charge in [0, 0.05) is 0 Å². The summed E-state index contributed by atoms with van der Waals surface area (Å²) < 4.78 is 41.3. The second-order valence-electron chi connectivity index (χ2n) is 2.75. The van der Waals surface area contributed by atoms with Gasteiger partial charge >= 0.3 is 6.18 Å². The van der Waals surface area contributed by atoms with Crippen molar-refractivity contribution in [1.29, 1.82) is 0 Å². The molecule has 1 rings (SSSR count). The van der Waals surface area contributed by atoms with E-state index in [-0.39, 0.29) is 5.75 Å². The molecule has 0 aliphatic heterocycles. The highest BCUT2D eigenvalue weighted by Gasteiger charge is 2.28. The fraction of sp³-hybridized carbons (Fsp3) is 0.375. The zero-order chi connectivity index (χ0) is 11.6. The van der Waals surface area contributed by atoms with Gasteiger partial charge in [0.15, 0.2) is 6.61 Å². The van der Waals surface area contributed by atoms with E-state index in [0.29, 0.717) is 14.8 Å².